The maximum absolute atomic E-state index is 14.1. The van der Waals surface area contributed by atoms with E-state index >= 15 is 0 Å². The molecule has 3 heterocycles. The van der Waals surface area contributed by atoms with Crippen LogP contribution >= 0.6 is 0 Å². The summed E-state index contributed by atoms with van der Waals surface area (Å²) in [6.45, 7) is -3.83. The van der Waals surface area contributed by atoms with Crippen molar-refractivity contribution in [2.45, 2.75) is 88.6 Å². The van der Waals surface area contributed by atoms with Gasteiger partial charge in [-0.25, -0.2) is 27.9 Å². The molecule has 2 aliphatic carbocycles. The van der Waals surface area contributed by atoms with E-state index in [2.05, 4.69) is 30.2 Å². The van der Waals surface area contributed by atoms with Crippen LogP contribution in [0.15, 0.2) is 18.5 Å². The molecule has 0 saturated heterocycles. The van der Waals surface area contributed by atoms with E-state index in [1.165, 1.54) is 10.7 Å². The Morgan fingerprint density at radius 1 is 1.11 bits per heavy atom. The highest BCUT2D eigenvalue weighted by molar-refractivity contribution is 5.89. The van der Waals surface area contributed by atoms with Gasteiger partial charge in [0.1, 0.15) is 0 Å². The predicted molar refractivity (Wildman–Crippen MR) is 141 cm³/mol. The summed E-state index contributed by atoms with van der Waals surface area (Å²) >= 11 is 0. The Bertz CT molecular complexity index is 1510. The van der Waals surface area contributed by atoms with E-state index in [0.29, 0.717) is 16.9 Å². The van der Waals surface area contributed by atoms with Crippen LogP contribution in [0.3, 0.4) is 0 Å². The van der Waals surface area contributed by atoms with Gasteiger partial charge >= 0.3 is 12.8 Å². The number of fused-ring (bicyclic) bond motifs is 1. The first-order chi connectivity index (χ1) is 21.2. The molecule has 0 spiro atoms. The lowest BCUT2D eigenvalue weighted by Gasteiger charge is -2.31. The van der Waals surface area contributed by atoms with Crippen LogP contribution in [-0.4, -0.2) is 66.5 Å². The Hall–Kier alpha value is -3.83. The van der Waals surface area contributed by atoms with Crippen LogP contribution in [0.2, 0.25) is 0 Å². The van der Waals surface area contributed by atoms with Gasteiger partial charge in [-0.3, -0.25) is 9.59 Å². The number of carbonyl (C=O) groups is 2. The molecule has 2 amide bonds. The number of nitrogens with one attached hydrogen (secondary N) is 1. The molecule has 2 aliphatic rings. The molecule has 45 heavy (non-hydrogen) atoms. The van der Waals surface area contributed by atoms with Crippen LogP contribution in [0, 0.1) is 11.8 Å². The number of ether oxygens (including phenoxy) is 1. The lowest BCUT2D eigenvalue weighted by atomic mass is 9.77. The minimum Gasteiger partial charge on any atom is -0.363 e. The van der Waals surface area contributed by atoms with Crippen molar-refractivity contribution in [1.82, 2.24) is 34.7 Å². The summed E-state index contributed by atoms with van der Waals surface area (Å²) in [6.07, 6.45) is -2.50. The van der Waals surface area contributed by atoms with Gasteiger partial charge in [-0.1, -0.05) is 0 Å². The first-order valence-electron chi connectivity index (χ1n) is 14.4. The number of rotatable bonds is 13. The number of alkyl halides is 7. The minimum atomic E-state index is -4.47. The molecule has 0 unspecified atom stereocenters. The van der Waals surface area contributed by atoms with Gasteiger partial charge in [-0.2, -0.15) is 32.1 Å². The van der Waals surface area contributed by atoms with Crippen molar-refractivity contribution in [1.29, 1.82) is 0 Å². The maximum atomic E-state index is 14.1. The van der Waals surface area contributed by atoms with Crippen LogP contribution in [0.4, 0.5) is 30.7 Å². The average molecular weight is 649 g/mol. The maximum Gasteiger partial charge on any atom is 0.389 e. The van der Waals surface area contributed by atoms with Crippen molar-refractivity contribution in [2.24, 2.45) is 17.6 Å². The number of amides is 2. The van der Waals surface area contributed by atoms with Crippen molar-refractivity contribution in [3.63, 3.8) is 0 Å². The molecular weight excluding hydrogens is 617 g/mol. The van der Waals surface area contributed by atoms with Crippen LogP contribution in [0.1, 0.15) is 91.0 Å². The van der Waals surface area contributed by atoms with Gasteiger partial charge in [-0.15, -0.1) is 0 Å². The summed E-state index contributed by atoms with van der Waals surface area (Å²) in [7, 11) is 0. The number of hydrogen-bond acceptors (Lipinski definition) is 7. The molecule has 2 atom stereocenters. The monoisotopic (exact) mass is 648 g/mol. The third kappa shape index (κ3) is 8.26. The zero-order valence-electron chi connectivity index (χ0n) is 23.8. The number of carbonyl (C=O) groups excluding carboxylic acids is 2. The molecule has 5 rings (SSSR count). The van der Waals surface area contributed by atoms with Crippen molar-refractivity contribution >= 4 is 17.5 Å². The van der Waals surface area contributed by atoms with Gasteiger partial charge in [0.05, 0.1) is 49.6 Å². The van der Waals surface area contributed by atoms with Gasteiger partial charge < -0.3 is 15.8 Å². The van der Waals surface area contributed by atoms with Crippen LogP contribution in [0.5, 0.6) is 0 Å². The van der Waals surface area contributed by atoms with E-state index in [9.17, 15) is 40.3 Å². The van der Waals surface area contributed by atoms with E-state index in [0.717, 1.165) is 17.5 Å². The third-order valence-corrected chi connectivity index (χ3v) is 8.05. The first kappa shape index (κ1) is 32.6. The van der Waals surface area contributed by atoms with E-state index < -0.39 is 80.7 Å². The fourth-order valence-corrected chi connectivity index (χ4v) is 5.67. The number of hydrogen-bond donors (Lipinski definition) is 2. The average Bonchev–Trinajstić information content (AvgIpc) is 3.57. The topological polar surface area (TPSA) is 142 Å². The molecule has 3 aromatic heterocycles. The number of nitrogens with zero attached hydrogens (tertiary/aromatic N) is 6. The summed E-state index contributed by atoms with van der Waals surface area (Å²) < 4.78 is 97.8. The zero-order chi connectivity index (χ0) is 32.5. The highest BCUT2D eigenvalue weighted by Crippen LogP contribution is 2.45. The lowest BCUT2D eigenvalue weighted by Crippen LogP contribution is -2.30. The second-order valence-corrected chi connectivity index (χ2v) is 11.4. The predicted octanol–water partition coefficient (Wildman–Crippen LogP) is 4.53. The molecule has 3 aromatic rings. The second-order valence-electron chi connectivity index (χ2n) is 11.4. The zero-order valence-corrected chi connectivity index (χ0v) is 23.8. The van der Waals surface area contributed by atoms with Crippen molar-refractivity contribution in [2.75, 3.05) is 6.61 Å². The SMILES string of the molecule is NC(=O)c1nc([C@H](c2cn3ncc([C@H](NC(=O)CCC(F)(F)F)C4CC4)cc3n2)C2CCC(F)(F)CC2)nn1CCOC(F)F. The Balaban J connectivity index is 1.46. The molecule has 246 valence electrons. The molecule has 3 N–H and O–H groups in total. The first-order valence-corrected chi connectivity index (χ1v) is 14.4. The smallest absolute Gasteiger partial charge is 0.363 e. The Morgan fingerprint density at radius 3 is 2.44 bits per heavy atom. The molecule has 11 nitrogen and oxygen atoms in total. The molecule has 18 heteroatoms. The summed E-state index contributed by atoms with van der Waals surface area (Å²) in [4.78, 5) is 33.4. The quantitative estimate of drug-likeness (QED) is 0.260. The number of aromatic nitrogens is 6. The molecule has 0 aromatic carbocycles. The summed E-state index contributed by atoms with van der Waals surface area (Å²) in [5.74, 6) is -6.09. The summed E-state index contributed by atoms with van der Waals surface area (Å²) in [5.41, 5.74) is 6.64. The fourth-order valence-electron chi connectivity index (χ4n) is 5.67. The van der Waals surface area contributed by atoms with Gasteiger partial charge in [0.15, 0.2) is 11.5 Å². The summed E-state index contributed by atoms with van der Waals surface area (Å²) in [5, 5.41) is 11.4. The second kappa shape index (κ2) is 12.9. The Kier molecular flexibility index (Phi) is 9.32. The fraction of sp³-hybridized carbons (Fsp3) is 0.630. The molecule has 0 radical (unpaired) electrons. The van der Waals surface area contributed by atoms with Crippen LogP contribution in [-0.2, 0) is 16.1 Å². The summed E-state index contributed by atoms with van der Waals surface area (Å²) in [6, 6.07) is 1.06. The van der Waals surface area contributed by atoms with E-state index in [4.69, 9.17) is 5.73 Å². The van der Waals surface area contributed by atoms with E-state index in [1.54, 1.807) is 12.3 Å². The van der Waals surface area contributed by atoms with Crippen molar-refractivity contribution in [3.8, 4) is 0 Å². The van der Waals surface area contributed by atoms with E-state index in [1.807, 2.05) is 0 Å². The third-order valence-electron chi connectivity index (χ3n) is 8.05. The number of imidazole rings is 1. The number of primary amides is 1. The van der Waals surface area contributed by atoms with Gasteiger partial charge in [-0.05, 0) is 49.1 Å². The van der Waals surface area contributed by atoms with Gasteiger partial charge in [0, 0.05) is 19.3 Å². The van der Waals surface area contributed by atoms with E-state index in [-0.39, 0.29) is 37.0 Å². The van der Waals surface area contributed by atoms with Crippen molar-refractivity contribution in [3.05, 3.63) is 41.4 Å². The Morgan fingerprint density at radius 2 is 1.82 bits per heavy atom. The number of nitrogens with two attached hydrogens (primary N) is 1. The standard InChI is InChI=1S/C27H31F7N8O3/c28-25(29)45-10-9-41-24(22(35)44)39-23(40-41)20(14-3-6-26(30,31)7-4-14)17-13-42-18(37-17)11-16(12-36-42)21(15-1-2-15)38-19(43)5-8-27(32,33)34/h11-15,20-21,25H,1-10H2,(H2,35,44)(H,38,43)/t20-,21+/m0/s1. The van der Waals surface area contributed by atoms with Crippen molar-refractivity contribution < 1.29 is 45.1 Å². The number of halogens is 7. The molecule has 0 bridgehead atoms. The highest BCUT2D eigenvalue weighted by Gasteiger charge is 2.41. The molecule has 2 saturated carbocycles. The van der Waals surface area contributed by atoms with Gasteiger partial charge in [0.2, 0.25) is 17.7 Å². The minimum absolute atomic E-state index is 0.0182. The van der Waals surface area contributed by atoms with Crippen LogP contribution in [0.25, 0.3) is 5.65 Å². The Labute approximate surface area is 251 Å². The highest BCUT2D eigenvalue weighted by atomic mass is 19.4. The van der Waals surface area contributed by atoms with Crippen LogP contribution < -0.4 is 11.1 Å². The molecule has 0 aliphatic heterocycles. The molecular formula is C27H31F7N8O3. The largest absolute Gasteiger partial charge is 0.389 e. The normalized spacial score (nSPS) is 18.8. The molecule has 2 fully saturated rings. The lowest BCUT2D eigenvalue weighted by molar-refractivity contribution is -0.144. The van der Waals surface area contributed by atoms with Gasteiger partial charge in [0.25, 0.3) is 5.91 Å².